The average molecular weight is 423 g/mol. The standard InChI is InChI=1S/C23H26N4O2S/c1-3-13-24-23(29)17(2)25-21(28)12-11-19-16-27(15-18-8-5-4-6-9-18)26-22(19)20-10-7-14-30-20/h4-12,14,16-17H,3,13,15H2,1-2H3,(H,24,29)(H,25,28)/b12-11+. The van der Waals surface area contributed by atoms with Crippen molar-refractivity contribution in [3.05, 3.63) is 71.2 Å². The lowest BCUT2D eigenvalue weighted by Gasteiger charge is -2.12. The third kappa shape index (κ3) is 5.90. The van der Waals surface area contributed by atoms with Gasteiger partial charge in [0.1, 0.15) is 11.7 Å². The predicted octanol–water partition coefficient (Wildman–Crippen LogP) is 3.70. The highest BCUT2D eigenvalue weighted by Gasteiger charge is 2.14. The summed E-state index contributed by atoms with van der Waals surface area (Å²) in [7, 11) is 0. The van der Waals surface area contributed by atoms with Crippen LogP contribution in [0.15, 0.2) is 60.1 Å². The fourth-order valence-electron chi connectivity index (χ4n) is 2.91. The summed E-state index contributed by atoms with van der Waals surface area (Å²) in [5, 5.41) is 12.2. The van der Waals surface area contributed by atoms with Crippen LogP contribution in [0.4, 0.5) is 0 Å². The van der Waals surface area contributed by atoms with Gasteiger partial charge in [0.25, 0.3) is 0 Å². The summed E-state index contributed by atoms with van der Waals surface area (Å²) in [5.41, 5.74) is 2.84. The Hall–Kier alpha value is -3.19. The Balaban J connectivity index is 1.73. The summed E-state index contributed by atoms with van der Waals surface area (Å²) in [4.78, 5) is 25.3. The van der Waals surface area contributed by atoms with Crippen LogP contribution in [0.1, 0.15) is 31.4 Å². The van der Waals surface area contributed by atoms with Gasteiger partial charge in [0, 0.05) is 24.4 Å². The molecule has 0 bridgehead atoms. The summed E-state index contributed by atoms with van der Waals surface area (Å²) < 4.78 is 1.88. The summed E-state index contributed by atoms with van der Waals surface area (Å²) in [6, 6.07) is 13.5. The van der Waals surface area contributed by atoms with Crippen LogP contribution in [0.3, 0.4) is 0 Å². The lowest BCUT2D eigenvalue weighted by molar-refractivity contribution is -0.126. The number of nitrogens with zero attached hydrogens (tertiary/aromatic N) is 2. The van der Waals surface area contributed by atoms with Crippen LogP contribution in [0.25, 0.3) is 16.6 Å². The third-order valence-corrected chi connectivity index (χ3v) is 5.32. The first-order valence-corrected chi connectivity index (χ1v) is 10.9. The van der Waals surface area contributed by atoms with Crippen molar-refractivity contribution < 1.29 is 9.59 Å². The molecule has 0 saturated heterocycles. The molecule has 2 aromatic heterocycles. The van der Waals surface area contributed by atoms with Crippen LogP contribution in [0.2, 0.25) is 0 Å². The van der Waals surface area contributed by atoms with Crippen molar-refractivity contribution in [1.29, 1.82) is 0 Å². The highest BCUT2D eigenvalue weighted by molar-refractivity contribution is 7.13. The fraction of sp³-hybridized carbons (Fsp3) is 0.261. The number of thiophene rings is 1. The van der Waals surface area contributed by atoms with Crippen LogP contribution in [0, 0.1) is 0 Å². The molecule has 0 aliphatic rings. The molecule has 2 N–H and O–H groups in total. The molecule has 3 rings (SSSR count). The van der Waals surface area contributed by atoms with Gasteiger partial charge in [-0.05, 0) is 36.4 Å². The molecule has 1 aromatic carbocycles. The molecule has 0 saturated carbocycles. The smallest absolute Gasteiger partial charge is 0.244 e. The van der Waals surface area contributed by atoms with E-state index in [0.29, 0.717) is 13.1 Å². The maximum atomic E-state index is 12.3. The van der Waals surface area contributed by atoms with Crippen molar-refractivity contribution in [1.82, 2.24) is 20.4 Å². The highest BCUT2D eigenvalue weighted by Crippen LogP contribution is 2.27. The number of amides is 2. The molecule has 30 heavy (non-hydrogen) atoms. The molecule has 0 radical (unpaired) electrons. The summed E-state index contributed by atoms with van der Waals surface area (Å²) in [5.74, 6) is -0.504. The Morgan fingerprint density at radius 3 is 2.70 bits per heavy atom. The predicted molar refractivity (Wildman–Crippen MR) is 121 cm³/mol. The number of carbonyl (C=O) groups excluding carboxylic acids is 2. The number of rotatable bonds is 9. The van der Waals surface area contributed by atoms with Crippen LogP contribution in [-0.2, 0) is 16.1 Å². The lowest BCUT2D eigenvalue weighted by Crippen LogP contribution is -2.44. The van der Waals surface area contributed by atoms with Crippen LogP contribution >= 0.6 is 11.3 Å². The van der Waals surface area contributed by atoms with Crippen LogP contribution in [-0.4, -0.2) is 34.2 Å². The minimum atomic E-state index is -0.591. The fourth-order valence-corrected chi connectivity index (χ4v) is 3.64. The van der Waals surface area contributed by atoms with Gasteiger partial charge < -0.3 is 10.6 Å². The molecular formula is C23H26N4O2S. The van der Waals surface area contributed by atoms with Gasteiger partial charge in [-0.25, -0.2) is 0 Å². The van der Waals surface area contributed by atoms with E-state index in [9.17, 15) is 9.59 Å². The van der Waals surface area contributed by atoms with Gasteiger partial charge in [-0.1, -0.05) is 43.3 Å². The molecule has 3 aromatic rings. The molecule has 0 fully saturated rings. The maximum absolute atomic E-state index is 12.3. The minimum Gasteiger partial charge on any atom is -0.354 e. The molecule has 6 nitrogen and oxygen atoms in total. The molecule has 156 valence electrons. The summed E-state index contributed by atoms with van der Waals surface area (Å²) >= 11 is 1.60. The Bertz CT molecular complexity index is 994. The molecule has 7 heteroatoms. The van der Waals surface area contributed by atoms with Crippen molar-refractivity contribution in [3.8, 4) is 10.6 Å². The minimum absolute atomic E-state index is 0.187. The van der Waals surface area contributed by atoms with E-state index in [1.807, 2.05) is 53.5 Å². The van der Waals surface area contributed by atoms with Crippen LogP contribution in [0.5, 0.6) is 0 Å². The second kappa shape index (κ2) is 10.5. The van der Waals surface area contributed by atoms with Crippen molar-refractivity contribution in [2.24, 2.45) is 0 Å². The van der Waals surface area contributed by atoms with E-state index in [1.165, 1.54) is 6.08 Å². The number of hydrogen-bond acceptors (Lipinski definition) is 4. The average Bonchev–Trinajstić information content (AvgIpc) is 3.41. The second-order valence-corrected chi connectivity index (χ2v) is 7.90. The third-order valence-electron chi connectivity index (χ3n) is 4.45. The SMILES string of the molecule is CCCNC(=O)C(C)NC(=O)/C=C/c1cn(Cc2ccccc2)nc1-c1cccs1. The number of nitrogens with one attached hydrogen (secondary N) is 2. The quantitative estimate of drug-likeness (QED) is 0.516. The van der Waals surface area contributed by atoms with Gasteiger partial charge in [0.15, 0.2) is 0 Å². The van der Waals surface area contributed by atoms with Crippen molar-refractivity contribution in [2.45, 2.75) is 32.9 Å². The molecule has 2 amide bonds. The van der Waals surface area contributed by atoms with Gasteiger partial charge in [-0.2, -0.15) is 5.10 Å². The van der Waals surface area contributed by atoms with Gasteiger partial charge in [0.2, 0.25) is 11.8 Å². The van der Waals surface area contributed by atoms with Crippen molar-refractivity contribution >= 4 is 29.2 Å². The molecular weight excluding hydrogens is 396 g/mol. The normalized spacial score (nSPS) is 12.1. The van der Waals surface area contributed by atoms with E-state index in [-0.39, 0.29) is 11.8 Å². The number of hydrogen-bond donors (Lipinski definition) is 2. The Morgan fingerprint density at radius 2 is 2.00 bits per heavy atom. The molecule has 0 spiro atoms. The van der Waals surface area contributed by atoms with Gasteiger partial charge in [0.05, 0.1) is 11.4 Å². The lowest BCUT2D eigenvalue weighted by atomic mass is 10.2. The van der Waals surface area contributed by atoms with Crippen molar-refractivity contribution in [2.75, 3.05) is 6.54 Å². The molecule has 0 aliphatic carbocycles. The number of benzene rings is 1. The molecule has 1 unspecified atom stereocenters. The van der Waals surface area contributed by atoms with E-state index in [0.717, 1.165) is 28.1 Å². The first kappa shape index (κ1) is 21.5. The molecule has 0 aliphatic heterocycles. The van der Waals surface area contributed by atoms with E-state index < -0.39 is 6.04 Å². The molecule has 2 heterocycles. The zero-order chi connectivity index (χ0) is 21.3. The first-order chi connectivity index (χ1) is 14.6. The Kier molecular flexibility index (Phi) is 7.57. The van der Waals surface area contributed by atoms with E-state index in [4.69, 9.17) is 5.10 Å². The second-order valence-electron chi connectivity index (χ2n) is 6.95. The zero-order valence-corrected chi connectivity index (χ0v) is 18.0. The Morgan fingerprint density at radius 1 is 1.20 bits per heavy atom. The Labute approximate surface area is 180 Å². The van der Waals surface area contributed by atoms with Crippen LogP contribution < -0.4 is 10.6 Å². The topological polar surface area (TPSA) is 76.0 Å². The van der Waals surface area contributed by atoms with Crippen molar-refractivity contribution in [3.63, 3.8) is 0 Å². The first-order valence-electron chi connectivity index (χ1n) is 9.98. The molecule has 1 atom stereocenters. The summed E-state index contributed by atoms with van der Waals surface area (Å²) in [6.45, 7) is 4.90. The van der Waals surface area contributed by atoms with Gasteiger partial charge >= 0.3 is 0 Å². The van der Waals surface area contributed by atoms with Gasteiger partial charge in [-0.15, -0.1) is 11.3 Å². The zero-order valence-electron chi connectivity index (χ0n) is 17.2. The number of carbonyl (C=O) groups is 2. The highest BCUT2D eigenvalue weighted by atomic mass is 32.1. The largest absolute Gasteiger partial charge is 0.354 e. The number of aromatic nitrogens is 2. The van der Waals surface area contributed by atoms with E-state index in [2.05, 4.69) is 22.8 Å². The van der Waals surface area contributed by atoms with E-state index in [1.54, 1.807) is 24.3 Å². The van der Waals surface area contributed by atoms with E-state index >= 15 is 0 Å². The monoisotopic (exact) mass is 422 g/mol. The van der Waals surface area contributed by atoms with Gasteiger partial charge in [-0.3, -0.25) is 14.3 Å². The maximum Gasteiger partial charge on any atom is 0.244 e. The summed E-state index contributed by atoms with van der Waals surface area (Å²) in [6.07, 6.45) is 5.98.